The summed E-state index contributed by atoms with van der Waals surface area (Å²) in [5.74, 6) is -0.675. The Kier molecular flexibility index (Phi) is 6.47. The zero-order valence-electron chi connectivity index (χ0n) is 14.2. The molecule has 1 aromatic carbocycles. The molecule has 0 unspecified atom stereocenters. The van der Waals surface area contributed by atoms with Crippen molar-refractivity contribution < 1.29 is 14.3 Å². The highest BCUT2D eigenvalue weighted by atomic mass is 16.5. The van der Waals surface area contributed by atoms with Gasteiger partial charge in [0.1, 0.15) is 12.2 Å². The Balaban J connectivity index is 2.15. The van der Waals surface area contributed by atoms with E-state index >= 15 is 0 Å². The molecule has 1 heterocycles. The van der Waals surface area contributed by atoms with Crippen molar-refractivity contribution in [3.8, 4) is 0 Å². The van der Waals surface area contributed by atoms with Gasteiger partial charge in [-0.15, -0.1) is 0 Å². The molecule has 0 aliphatic carbocycles. The number of rotatable bonds is 7. The van der Waals surface area contributed by atoms with Crippen LogP contribution in [0.1, 0.15) is 16.1 Å². The van der Waals surface area contributed by atoms with E-state index in [2.05, 4.69) is 10.6 Å². The first-order valence-corrected chi connectivity index (χ1v) is 7.85. The summed E-state index contributed by atoms with van der Waals surface area (Å²) in [4.78, 5) is 36.7. The number of benzene rings is 1. The van der Waals surface area contributed by atoms with Gasteiger partial charge in [0, 0.05) is 24.9 Å². The molecule has 0 fully saturated rings. The summed E-state index contributed by atoms with van der Waals surface area (Å²) in [6.07, 6.45) is 0. The van der Waals surface area contributed by atoms with Crippen molar-refractivity contribution in [2.24, 2.45) is 0 Å². The molecule has 2 N–H and O–H groups in total. The van der Waals surface area contributed by atoms with Crippen LogP contribution in [0.25, 0.3) is 0 Å². The number of hydrogen-bond acceptors (Lipinski definition) is 4. The molecule has 2 amide bonds. The second-order valence-electron chi connectivity index (χ2n) is 5.44. The predicted octanol–water partition coefficient (Wildman–Crippen LogP) is 1.17. The molecule has 0 spiro atoms. The number of aromatic nitrogens is 1. The quantitative estimate of drug-likeness (QED) is 0.739. The van der Waals surface area contributed by atoms with Gasteiger partial charge in [0.15, 0.2) is 0 Å². The lowest BCUT2D eigenvalue weighted by molar-refractivity contribution is -0.121. The maximum Gasteiger partial charge on any atom is 0.274 e. The minimum absolute atomic E-state index is 0.122. The first-order valence-electron chi connectivity index (χ1n) is 7.85. The van der Waals surface area contributed by atoms with E-state index in [-0.39, 0.29) is 24.0 Å². The molecule has 2 rings (SSSR count). The average molecular weight is 343 g/mol. The van der Waals surface area contributed by atoms with E-state index in [0.717, 1.165) is 0 Å². The first kappa shape index (κ1) is 18.4. The van der Waals surface area contributed by atoms with Crippen LogP contribution in [0, 0.1) is 6.92 Å². The standard InChI is InChI=1S/C18H21N3O4/c1-13-8-9-15(20-17(23)14-6-4-3-5-7-14)18(24)21(13)12-16(22)19-10-11-25-2/h3-9H,10-12H2,1-2H3,(H,19,22)(H,20,23). The fourth-order valence-corrected chi connectivity index (χ4v) is 2.24. The van der Waals surface area contributed by atoms with Crippen LogP contribution in [0.4, 0.5) is 5.69 Å². The van der Waals surface area contributed by atoms with E-state index in [9.17, 15) is 14.4 Å². The van der Waals surface area contributed by atoms with Crippen molar-refractivity contribution in [3.05, 3.63) is 64.1 Å². The summed E-state index contributed by atoms with van der Waals surface area (Å²) in [6.45, 7) is 2.37. The molecule has 0 saturated heterocycles. The summed E-state index contributed by atoms with van der Waals surface area (Å²) in [7, 11) is 1.54. The first-order chi connectivity index (χ1) is 12.0. The fourth-order valence-electron chi connectivity index (χ4n) is 2.24. The SMILES string of the molecule is COCCNC(=O)Cn1c(C)ccc(NC(=O)c2ccccc2)c1=O. The Morgan fingerprint density at radius 1 is 1.12 bits per heavy atom. The van der Waals surface area contributed by atoms with Crippen LogP contribution in [0.3, 0.4) is 0 Å². The molecule has 7 heteroatoms. The molecular formula is C18H21N3O4. The van der Waals surface area contributed by atoms with Gasteiger partial charge in [0.05, 0.1) is 6.61 Å². The summed E-state index contributed by atoms with van der Waals surface area (Å²) in [5.41, 5.74) is 0.784. The van der Waals surface area contributed by atoms with Crippen LogP contribution in [0.2, 0.25) is 0 Å². The number of aryl methyl sites for hydroxylation is 1. The molecular weight excluding hydrogens is 322 g/mol. The highest BCUT2D eigenvalue weighted by Crippen LogP contribution is 2.07. The number of carbonyl (C=O) groups excluding carboxylic acids is 2. The molecule has 0 bridgehead atoms. The van der Waals surface area contributed by atoms with Gasteiger partial charge >= 0.3 is 0 Å². The maximum absolute atomic E-state index is 12.6. The number of nitrogens with zero attached hydrogens (tertiary/aromatic N) is 1. The molecule has 7 nitrogen and oxygen atoms in total. The number of ether oxygens (including phenoxy) is 1. The van der Waals surface area contributed by atoms with Gasteiger partial charge in [-0.3, -0.25) is 14.4 Å². The summed E-state index contributed by atoms with van der Waals surface area (Å²) >= 11 is 0. The lowest BCUT2D eigenvalue weighted by Gasteiger charge is -2.13. The number of amides is 2. The average Bonchev–Trinajstić information content (AvgIpc) is 2.62. The molecule has 132 valence electrons. The van der Waals surface area contributed by atoms with Gasteiger partial charge in [-0.25, -0.2) is 0 Å². The topological polar surface area (TPSA) is 89.4 Å². The van der Waals surface area contributed by atoms with Crippen LogP contribution >= 0.6 is 0 Å². The molecule has 0 atom stereocenters. The normalized spacial score (nSPS) is 10.3. The van der Waals surface area contributed by atoms with Crippen LogP contribution < -0.4 is 16.2 Å². The number of anilines is 1. The number of hydrogen-bond donors (Lipinski definition) is 2. The third kappa shape index (κ3) is 5.02. The zero-order valence-corrected chi connectivity index (χ0v) is 14.2. The third-order valence-corrected chi connectivity index (χ3v) is 3.61. The molecule has 0 aliphatic heterocycles. The highest BCUT2D eigenvalue weighted by molar-refractivity contribution is 6.04. The van der Waals surface area contributed by atoms with Crippen LogP contribution in [-0.4, -0.2) is 36.6 Å². The number of pyridine rings is 1. The van der Waals surface area contributed by atoms with E-state index in [0.29, 0.717) is 24.4 Å². The minimum atomic E-state index is -0.425. The highest BCUT2D eigenvalue weighted by Gasteiger charge is 2.13. The van der Waals surface area contributed by atoms with Crippen LogP contribution in [0.5, 0.6) is 0 Å². The van der Waals surface area contributed by atoms with Crippen molar-refractivity contribution in [3.63, 3.8) is 0 Å². The number of nitrogens with one attached hydrogen (secondary N) is 2. The van der Waals surface area contributed by atoms with Crippen molar-refractivity contribution in [1.82, 2.24) is 9.88 Å². The Labute approximate surface area is 145 Å². The van der Waals surface area contributed by atoms with Gasteiger partial charge in [-0.05, 0) is 31.2 Å². The Morgan fingerprint density at radius 3 is 2.52 bits per heavy atom. The van der Waals surface area contributed by atoms with E-state index in [4.69, 9.17) is 4.74 Å². The van der Waals surface area contributed by atoms with E-state index in [1.807, 2.05) is 0 Å². The van der Waals surface area contributed by atoms with Crippen LogP contribution in [0.15, 0.2) is 47.3 Å². The molecule has 2 aromatic rings. The molecule has 25 heavy (non-hydrogen) atoms. The molecule has 0 aliphatic rings. The van der Waals surface area contributed by atoms with Crippen molar-refractivity contribution >= 4 is 17.5 Å². The maximum atomic E-state index is 12.6. The van der Waals surface area contributed by atoms with Gasteiger partial charge in [-0.2, -0.15) is 0 Å². The zero-order chi connectivity index (χ0) is 18.2. The monoisotopic (exact) mass is 343 g/mol. The van der Waals surface area contributed by atoms with Gasteiger partial charge in [0.25, 0.3) is 11.5 Å². The summed E-state index contributed by atoms with van der Waals surface area (Å²) in [6, 6.07) is 11.8. The van der Waals surface area contributed by atoms with Crippen molar-refractivity contribution in [2.75, 3.05) is 25.6 Å². The lowest BCUT2D eigenvalue weighted by atomic mass is 10.2. The largest absolute Gasteiger partial charge is 0.383 e. The van der Waals surface area contributed by atoms with Crippen LogP contribution in [-0.2, 0) is 16.1 Å². The predicted molar refractivity (Wildman–Crippen MR) is 94.7 cm³/mol. The second-order valence-corrected chi connectivity index (χ2v) is 5.44. The van der Waals surface area contributed by atoms with Gasteiger partial charge < -0.3 is 19.9 Å². The van der Waals surface area contributed by atoms with Crippen molar-refractivity contribution in [2.45, 2.75) is 13.5 Å². The fraction of sp³-hybridized carbons (Fsp3) is 0.278. The third-order valence-electron chi connectivity index (χ3n) is 3.61. The van der Waals surface area contributed by atoms with Gasteiger partial charge in [0.2, 0.25) is 5.91 Å². The number of carbonyl (C=O) groups is 2. The smallest absolute Gasteiger partial charge is 0.274 e. The van der Waals surface area contributed by atoms with E-state index < -0.39 is 5.56 Å². The Hall–Kier alpha value is -2.93. The summed E-state index contributed by atoms with van der Waals surface area (Å²) in [5, 5.41) is 5.26. The van der Waals surface area contributed by atoms with E-state index in [1.54, 1.807) is 50.4 Å². The minimum Gasteiger partial charge on any atom is -0.383 e. The Morgan fingerprint density at radius 2 is 1.84 bits per heavy atom. The number of methoxy groups -OCH3 is 1. The van der Waals surface area contributed by atoms with Crippen molar-refractivity contribution in [1.29, 1.82) is 0 Å². The summed E-state index contributed by atoms with van der Waals surface area (Å²) < 4.78 is 6.19. The lowest BCUT2D eigenvalue weighted by Crippen LogP contribution is -2.35. The van der Waals surface area contributed by atoms with E-state index in [1.165, 1.54) is 10.6 Å². The van der Waals surface area contributed by atoms with Gasteiger partial charge in [-0.1, -0.05) is 18.2 Å². The second kappa shape index (κ2) is 8.79. The molecule has 0 radical (unpaired) electrons. The molecule has 0 saturated carbocycles. The Bertz CT molecular complexity index is 800. The molecule has 1 aromatic heterocycles.